The Morgan fingerprint density at radius 1 is 1.45 bits per heavy atom. The minimum Gasteiger partial charge on any atom is -0.294 e. The Labute approximate surface area is 124 Å². The number of benzene rings is 1. The SMILES string of the molecule is CCC(=O)c1cccc(S(=O)(=O)NC2CCCSC2)c1. The van der Waals surface area contributed by atoms with Crippen LogP contribution >= 0.6 is 11.8 Å². The van der Waals surface area contributed by atoms with Crippen LogP contribution in [0, 0.1) is 0 Å². The molecule has 0 spiro atoms. The summed E-state index contributed by atoms with van der Waals surface area (Å²) in [6.07, 6.45) is 2.28. The van der Waals surface area contributed by atoms with Crippen molar-refractivity contribution in [2.75, 3.05) is 11.5 Å². The van der Waals surface area contributed by atoms with Crippen molar-refractivity contribution >= 4 is 27.6 Å². The Balaban J connectivity index is 2.18. The Morgan fingerprint density at radius 3 is 2.90 bits per heavy atom. The quantitative estimate of drug-likeness (QED) is 0.848. The van der Waals surface area contributed by atoms with E-state index in [1.807, 2.05) is 0 Å². The fraction of sp³-hybridized carbons (Fsp3) is 0.500. The summed E-state index contributed by atoms with van der Waals surface area (Å²) in [5.74, 6) is 1.86. The maximum Gasteiger partial charge on any atom is 0.240 e. The molecule has 1 aliphatic heterocycles. The first-order chi connectivity index (χ1) is 9.53. The maximum absolute atomic E-state index is 12.3. The highest BCUT2D eigenvalue weighted by Crippen LogP contribution is 2.20. The second-order valence-corrected chi connectivity index (χ2v) is 7.70. The third-order valence-electron chi connectivity index (χ3n) is 3.27. The molecule has 0 radical (unpaired) electrons. The Kier molecular flexibility index (Phi) is 5.23. The van der Waals surface area contributed by atoms with E-state index in [4.69, 9.17) is 0 Å². The van der Waals surface area contributed by atoms with E-state index in [0.717, 1.165) is 24.3 Å². The molecule has 1 aromatic rings. The molecule has 110 valence electrons. The molecule has 1 heterocycles. The highest BCUT2D eigenvalue weighted by molar-refractivity contribution is 7.99. The van der Waals surface area contributed by atoms with E-state index in [2.05, 4.69) is 4.72 Å². The molecule has 1 aromatic carbocycles. The number of hydrogen-bond donors (Lipinski definition) is 1. The number of nitrogens with one attached hydrogen (secondary N) is 1. The lowest BCUT2D eigenvalue weighted by molar-refractivity contribution is 0.0988. The number of carbonyl (C=O) groups excluding carboxylic acids is 1. The van der Waals surface area contributed by atoms with Gasteiger partial charge in [-0.1, -0.05) is 19.1 Å². The average Bonchev–Trinajstić information content (AvgIpc) is 2.47. The second kappa shape index (κ2) is 6.74. The number of sulfonamides is 1. The Hall–Kier alpha value is -0.850. The second-order valence-electron chi connectivity index (χ2n) is 4.84. The fourth-order valence-corrected chi connectivity index (χ4v) is 4.66. The molecule has 0 saturated carbocycles. The minimum absolute atomic E-state index is 0.00992. The van der Waals surface area contributed by atoms with Gasteiger partial charge in [-0.25, -0.2) is 13.1 Å². The van der Waals surface area contributed by atoms with Gasteiger partial charge in [0.1, 0.15) is 0 Å². The third-order valence-corrected chi connectivity index (χ3v) is 6.00. The van der Waals surface area contributed by atoms with Crippen LogP contribution in [0.1, 0.15) is 36.5 Å². The lowest BCUT2D eigenvalue weighted by atomic mass is 10.1. The van der Waals surface area contributed by atoms with Crippen molar-refractivity contribution in [3.05, 3.63) is 29.8 Å². The van der Waals surface area contributed by atoms with Crippen LogP contribution in [0.2, 0.25) is 0 Å². The van der Waals surface area contributed by atoms with Crippen LogP contribution in [-0.4, -0.2) is 31.7 Å². The van der Waals surface area contributed by atoms with Gasteiger partial charge in [-0.15, -0.1) is 0 Å². The van der Waals surface area contributed by atoms with E-state index >= 15 is 0 Å². The summed E-state index contributed by atoms with van der Waals surface area (Å²) < 4.78 is 27.4. The molecule has 0 aliphatic carbocycles. The van der Waals surface area contributed by atoms with Gasteiger partial charge in [-0.05, 0) is 30.7 Å². The summed E-state index contributed by atoms with van der Waals surface area (Å²) in [6.45, 7) is 1.76. The highest BCUT2D eigenvalue weighted by Gasteiger charge is 2.22. The zero-order valence-corrected chi connectivity index (χ0v) is 13.1. The largest absolute Gasteiger partial charge is 0.294 e. The first-order valence-electron chi connectivity index (χ1n) is 6.76. The third kappa shape index (κ3) is 3.84. The molecule has 1 saturated heterocycles. The lowest BCUT2D eigenvalue weighted by Crippen LogP contribution is -2.38. The van der Waals surface area contributed by atoms with Gasteiger partial charge in [0, 0.05) is 23.8 Å². The Bertz CT molecular complexity index is 578. The molecule has 1 atom stereocenters. The number of rotatable bonds is 5. The monoisotopic (exact) mass is 313 g/mol. The molecule has 20 heavy (non-hydrogen) atoms. The summed E-state index contributed by atoms with van der Waals surface area (Å²) in [6, 6.07) is 6.26. The molecule has 1 fully saturated rings. The number of Topliss-reactive ketones (excluding diaryl/α,β-unsaturated/α-hetero) is 1. The van der Waals surface area contributed by atoms with E-state index in [0.29, 0.717) is 12.0 Å². The number of carbonyl (C=O) groups is 1. The summed E-state index contributed by atoms with van der Waals surface area (Å²) in [5, 5.41) is 0. The number of ketones is 1. The van der Waals surface area contributed by atoms with Crippen LogP contribution in [-0.2, 0) is 10.0 Å². The normalized spacial score (nSPS) is 19.8. The van der Waals surface area contributed by atoms with Crippen molar-refractivity contribution in [2.24, 2.45) is 0 Å². The summed E-state index contributed by atoms with van der Waals surface area (Å²) in [4.78, 5) is 11.8. The van der Waals surface area contributed by atoms with Crippen molar-refractivity contribution in [1.29, 1.82) is 0 Å². The van der Waals surface area contributed by atoms with Crippen LogP contribution in [0.5, 0.6) is 0 Å². The van der Waals surface area contributed by atoms with E-state index in [-0.39, 0.29) is 16.7 Å². The molecule has 6 heteroatoms. The van der Waals surface area contributed by atoms with Crippen LogP contribution in [0.15, 0.2) is 29.2 Å². The topological polar surface area (TPSA) is 63.2 Å². The first kappa shape index (κ1) is 15.5. The standard InChI is InChI=1S/C14H19NO3S2/c1-2-14(16)11-5-3-7-13(9-11)20(17,18)15-12-6-4-8-19-10-12/h3,5,7,9,12,15H,2,4,6,8,10H2,1H3. The Morgan fingerprint density at radius 2 is 2.25 bits per heavy atom. The van der Waals surface area contributed by atoms with E-state index in [1.54, 1.807) is 30.8 Å². The number of thioether (sulfide) groups is 1. The van der Waals surface area contributed by atoms with E-state index in [9.17, 15) is 13.2 Å². The predicted molar refractivity (Wildman–Crippen MR) is 81.7 cm³/mol. The van der Waals surface area contributed by atoms with Gasteiger partial charge < -0.3 is 0 Å². The zero-order chi connectivity index (χ0) is 14.6. The van der Waals surface area contributed by atoms with E-state index < -0.39 is 10.0 Å². The van der Waals surface area contributed by atoms with Crippen molar-refractivity contribution < 1.29 is 13.2 Å². The van der Waals surface area contributed by atoms with Crippen molar-refractivity contribution in [1.82, 2.24) is 4.72 Å². The van der Waals surface area contributed by atoms with Crippen LogP contribution < -0.4 is 4.72 Å². The number of hydrogen-bond acceptors (Lipinski definition) is 4. The summed E-state index contributed by atoms with van der Waals surface area (Å²) >= 11 is 1.77. The van der Waals surface area contributed by atoms with Crippen LogP contribution in [0.25, 0.3) is 0 Å². The molecular formula is C14H19NO3S2. The van der Waals surface area contributed by atoms with Gasteiger partial charge in [-0.2, -0.15) is 11.8 Å². The average molecular weight is 313 g/mol. The fourth-order valence-electron chi connectivity index (χ4n) is 2.16. The molecule has 0 aromatic heterocycles. The maximum atomic E-state index is 12.3. The van der Waals surface area contributed by atoms with Crippen molar-refractivity contribution in [2.45, 2.75) is 37.1 Å². The highest BCUT2D eigenvalue weighted by atomic mass is 32.2. The smallest absolute Gasteiger partial charge is 0.240 e. The van der Waals surface area contributed by atoms with Gasteiger partial charge in [0.05, 0.1) is 4.90 Å². The molecule has 0 bridgehead atoms. The molecule has 4 nitrogen and oxygen atoms in total. The molecule has 1 aliphatic rings. The van der Waals surface area contributed by atoms with Gasteiger partial charge in [-0.3, -0.25) is 4.79 Å². The molecule has 1 unspecified atom stereocenters. The predicted octanol–water partition coefficient (Wildman–Crippen LogP) is 2.45. The molecule has 0 amide bonds. The first-order valence-corrected chi connectivity index (χ1v) is 9.40. The van der Waals surface area contributed by atoms with Gasteiger partial charge in [0.15, 0.2) is 5.78 Å². The lowest BCUT2D eigenvalue weighted by Gasteiger charge is -2.22. The van der Waals surface area contributed by atoms with Crippen LogP contribution in [0.4, 0.5) is 0 Å². The van der Waals surface area contributed by atoms with Crippen LogP contribution in [0.3, 0.4) is 0 Å². The minimum atomic E-state index is -3.54. The van der Waals surface area contributed by atoms with Crippen molar-refractivity contribution in [3.8, 4) is 0 Å². The molecular weight excluding hydrogens is 294 g/mol. The van der Waals surface area contributed by atoms with Gasteiger partial charge >= 0.3 is 0 Å². The van der Waals surface area contributed by atoms with Gasteiger partial charge in [0.2, 0.25) is 10.0 Å². The summed E-state index contributed by atoms with van der Waals surface area (Å²) in [7, 11) is -3.54. The summed E-state index contributed by atoms with van der Waals surface area (Å²) in [5.41, 5.74) is 0.452. The molecule has 2 rings (SSSR count). The zero-order valence-electron chi connectivity index (χ0n) is 11.5. The molecule has 1 N–H and O–H groups in total. The van der Waals surface area contributed by atoms with Crippen molar-refractivity contribution in [3.63, 3.8) is 0 Å². The van der Waals surface area contributed by atoms with Gasteiger partial charge in [0.25, 0.3) is 0 Å². The van der Waals surface area contributed by atoms with E-state index in [1.165, 1.54) is 12.1 Å².